The van der Waals surface area contributed by atoms with Crippen molar-refractivity contribution in [3.8, 4) is 11.5 Å². The van der Waals surface area contributed by atoms with Crippen molar-refractivity contribution in [1.29, 1.82) is 0 Å². The summed E-state index contributed by atoms with van der Waals surface area (Å²) in [5, 5.41) is 3.41. The summed E-state index contributed by atoms with van der Waals surface area (Å²) in [5.74, 6) is 1.66. The van der Waals surface area contributed by atoms with E-state index in [-0.39, 0.29) is 0 Å². The van der Waals surface area contributed by atoms with E-state index < -0.39 is 0 Å². The largest absolute Gasteiger partial charge is 0.493 e. The Morgan fingerprint density at radius 1 is 1.20 bits per heavy atom. The van der Waals surface area contributed by atoms with Crippen LogP contribution in [-0.4, -0.2) is 44.8 Å². The van der Waals surface area contributed by atoms with Crippen molar-refractivity contribution in [1.82, 2.24) is 10.2 Å². The van der Waals surface area contributed by atoms with Crippen molar-refractivity contribution in [2.75, 3.05) is 39.9 Å². The predicted molar refractivity (Wildman–Crippen MR) is 81.6 cm³/mol. The highest BCUT2D eigenvalue weighted by Crippen LogP contribution is 2.33. The Labute approximate surface area is 122 Å². The minimum atomic E-state index is 0.460. The van der Waals surface area contributed by atoms with Crippen LogP contribution in [0.1, 0.15) is 31.9 Å². The minimum Gasteiger partial charge on any atom is -0.493 e. The SMILES string of the molecule is CCOc1ccc([C@H](CC)N2CCNCC2)cc1OC. The fraction of sp³-hybridized carbons (Fsp3) is 0.625. The van der Waals surface area contributed by atoms with Crippen LogP contribution in [0.3, 0.4) is 0 Å². The molecule has 1 aromatic carbocycles. The lowest BCUT2D eigenvalue weighted by atomic mass is 10.0. The number of methoxy groups -OCH3 is 1. The first kappa shape index (κ1) is 15.1. The number of hydrogen-bond acceptors (Lipinski definition) is 4. The van der Waals surface area contributed by atoms with Crippen LogP contribution in [0.15, 0.2) is 18.2 Å². The van der Waals surface area contributed by atoms with Crippen molar-refractivity contribution in [3.63, 3.8) is 0 Å². The molecule has 20 heavy (non-hydrogen) atoms. The number of piperazine rings is 1. The van der Waals surface area contributed by atoms with Gasteiger partial charge in [0.2, 0.25) is 0 Å². The van der Waals surface area contributed by atoms with E-state index in [0.717, 1.165) is 44.1 Å². The molecule has 1 saturated heterocycles. The second kappa shape index (κ2) is 7.50. The van der Waals surface area contributed by atoms with Gasteiger partial charge in [0.1, 0.15) is 0 Å². The average Bonchev–Trinajstić information content (AvgIpc) is 2.50. The van der Waals surface area contributed by atoms with E-state index in [4.69, 9.17) is 9.47 Å². The summed E-state index contributed by atoms with van der Waals surface area (Å²) in [5.41, 5.74) is 1.31. The maximum absolute atomic E-state index is 5.59. The molecule has 2 rings (SSSR count). The van der Waals surface area contributed by atoms with Gasteiger partial charge in [-0.05, 0) is 31.0 Å². The monoisotopic (exact) mass is 278 g/mol. The van der Waals surface area contributed by atoms with Gasteiger partial charge in [-0.1, -0.05) is 13.0 Å². The zero-order chi connectivity index (χ0) is 14.4. The minimum absolute atomic E-state index is 0.460. The Morgan fingerprint density at radius 2 is 1.95 bits per heavy atom. The summed E-state index contributed by atoms with van der Waals surface area (Å²) in [6.07, 6.45) is 1.11. The van der Waals surface area contributed by atoms with Crippen LogP contribution in [0, 0.1) is 0 Å². The standard InChI is InChI=1S/C16H26N2O2/c1-4-14(18-10-8-17-9-11-18)13-6-7-15(20-5-2)16(12-13)19-3/h6-7,12,14,17H,4-5,8-11H2,1-3H3/t14-/m0/s1. The maximum Gasteiger partial charge on any atom is 0.161 e. The summed E-state index contributed by atoms with van der Waals surface area (Å²) in [6.45, 7) is 9.25. The van der Waals surface area contributed by atoms with Gasteiger partial charge in [0.15, 0.2) is 11.5 Å². The van der Waals surface area contributed by atoms with Crippen molar-refractivity contribution in [2.45, 2.75) is 26.3 Å². The molecular formula is C16H26N2O2. The molecule has 0 aliphatic carbocycles. The van der Waals surface area contributed by atoms with Gasteiger partial charge in [-0.2, -0.15) is 0 Å². The molecule has 1 heterocycles. The quantitative estimate of drug-likeness (QED) is 0.866. The third kappa shape index (κ3) is 3.44. The highest BCUT2D eigenvalue weighted by Gasteiger charge is 2.21. The second-order valence-corrected chi connectivity index (χ2v) is 5.05. The van der Waals surface area contributed by atoms with E-state index in [1.165, 1.54) is 5.56 Å². The summed E-state index contributed by atoms with van der Waals surface area (Å²) >= 11 is 0. The molecule has 1 atom stereocenters. The van der Waals surface area contributed by atoms with E-state index in [1.54, 1.807) is 7.11 Å². The first-order chi connectivity index (χ1) is 9.80. The lowest BCUT2D eigenvalue weighted by Gasteiger charge is -2.35. The van der Waals surface area contributed by atoms with Gasteiger partial charge in [-0.25, -0.2) is 0 Å². The summed E-state index contributed by atoms with van der Waals surface area (Å²) in [4.78, 5) is 2.55. The molecule has 4 nitrogen and oxygen atoms in total. The molecule has 1 aliphatic rings. The summed E-state index contributed by atoms with van der Waals surface area (Å²) in [7, 11) is 1.70. The van der Waals surface area contributed by atoms with E-state index in [9.17, 15) is 0 Å². The Hall–Kier alpha value is -1.26. The number of nitrogens with zero attached hydrogens (tertiary/aromatic N) is 1. The number of rotatable bonds is 6. The Morgan fingerprint density at radius 3 is 2.55 bits per heavy atom. The molecule has 1 N–H and O–H groups in total. The average molecular weight is 278 g/mol. The fourth-order valence-corrected chi connectivity index (χ4v) is 2.86. The molecule has 0 unspecified atom stereocenters. The van der Waals surface area contributed by atoms with Gasteiger partial charge < -0.3 is 14.8 Å². The van der Waals surface area contributed by atoms with Gasteiger partial charge in [-0.3, -0.25) is 4.90 Å². The number of nitrogens with one attached hydrogen (secondary N) is 1. The molecule has 4 heteroatoms. The molecule has 0 amide bonds. The fourth-order valence-electron chi connectivity index (χ4n) is 2.86. The predicted octanol–water partition coefficient (Wildman–Crippen LogP) is 2.45. The van der Waals surface area contributed by atoms with Gasteiger partial charge in [0, 0.05) is 32.2 Å². The summed E-state index contributed by atoms with van der Waals surface area (Å²) in [6, 6.07) is 6.79. The van der Waals surface area contributed by atoms with Crippen LogP contribution in [0.5, 0.6) is 11.5 Å². The molecule has 0 saturated carbocycles. The van der Waals surface area contributed by atoms with Crippen LogP contribution in [0.25, 0.3) is 0 Å². The van der Waals surface area contributed by atoms with Crippen molar-refractivity contribution < 1.29 is 9.47 Å². The highest BCUT2D eigenvalue weighted by molar-refractivity contribution is 5.43. The third-order valence-corrected chi connectivity index (χ3v) is 3.85. The van der Waals surface area contributed by atoms with Crippen molar-refractivity contribution in [3.05, 3.63) is 23.8 Å². The lowest BCUT2D eigenvalue weighted by Crippen LogP contribution is -2.45. The molecule has 1 fully saturated rings. The Balaban J connectivity index is 2.20. The maximum atomic E-state index is 5.59. The smallest absolute Gasteiger partial charge is 0.161 e. The molecule has 0 aromatic heterocycles. The van der Waals surface area contributed by atoms with Gasteiger partial charge >= 0.3 is 0 Å². The number of hydrogen-bond donors (Lipinski definition) is 1. The topological polar surface area (TPSA) is 33.7 Å². The zero-order valence-corrected chi connectivity index (χ0v) is 12.8. The summed E-state index contributed by atoms with van der Waals surface area (Å²) < 4.78 is 11.1. The van der Waals surface area contributed by atoms with Crippen molar-refractivity contribution >= 4 is 0 Å². The number of benzene rings is 1. The highest BCUT2D eigenvalue weighted by atomic mass is 16.5. The van der Waals surface area contributed by atoms with Gasteiger partial charge in [0.05, 0.1) is 13.7 Å². The van der Waals surface area contributed by atoms with Crippen LogP contribution >= 0.6 is 0 Å². The zero-order valence-electron chi connectivity index (χ0n) is 12.8. The first-order valence-corrected chi connectivity index (χ1v) is 7.55. The molecule has 0 bridgehead atoms. The Bertz CT molecular complexity index is 417. The molecule has 0 spiro atoms. The molecule has 1 aromatic rings. The van der Waals surface area contributed by atoms with E-state index in [1.807, 2.05) is 13.0 Å². The van der Waals surface area contributed by atoms with Gasteiger partial charge in [-0.15, -0.1) is 0 Å². The third-order valence-electron chi connectivity index (χ3n) is 3.85. The van der Waals surface area contributed by atoms with E-state index >= 15 is 0 Å². The first-order valence-electron chi connectivity index (χ1n) is 7.55. The number of ether oxygens (including phenoxy) is 2. The van der Waals surface area contributed by atoms with Crippen LogP contribution < -0.4 is 14.8 Å². The molecule has 1 aliphatic heterocycles. The van der Waals surface area contributed by atoms with Crippen molar-refractivity contribution in [2.24, 2.45) is 0 Å². The van der Waals surface area contributed by atoms with E-state index in [2.05, 4.69) is 29.3 Å². The molecule has 0 radical (unpaired) electrons. The normalized spacial score (nSPS) is 17.8. The lowest BCUT2D eigenvalue weighted by molar-refractivity contribution is 0.169. The van der Waals surface area contributed by atoms with E-state index in [0.29, 0.717) is 12.6 Å². The molecular weight excluding hydrogens is 252 g/mol. The van der Waals surface area contributed by atoms with Crippen LogP contribution in [0.2, 0.25) is 0 Å². The molecule has 112 valence electrons. The van der Waals surface area contributed by atoms with Crippen LogP contribution in [-0.2, 0) is 0 Å². The Kier molecular flexibility index (Phi) is 5.68. The second-order valence-electron chi connectivity index (χ2n) is 5.05. The van der Waals surface area contributed by atoms with Crippen LogP contribution in [0.4, 0.5) is 0 Å². The van der Waals surface area contributed by atoms with Gasteiger partial charge in [0.25, 0.3) is 0 Å².